The van der Waals surface area contributed by atoms with E-state index in [2.05, 4.69) is 23.2 Å². The smallest absolute Gasteiger partial charge is 0.307 e. The molecule has 0 saturated heterocycles. The molecule has 0 aliphatic rings. The van der Waals surface area contributed by atoms with E-state index in [9.17, 15) is 13.8 Å². The quantitative estimate of drug-likeness (QED) is 0.496. The van der Waals surface area contributed by atoms with Crippen molar-refractivity contribution in [3.63, 3.8) is 0 Å². The molecule has 158 valence electrons. The number of hydrogen-bond acceptors (Lipinski definition) is 4. The third-order valence-corrected chi connectivity index (χ3v) is 6.21. The number of urea groups is 1. The number of benzene rings is 2. The first-order valence-corrected chi connectivity index (χ1v) is 11.3. The molecule has 2 N–H and O–H groups in total. The van der Waals surface area contributed by atoms with E-state index < -0.39 is 17.0 Å². The van der Waals surface area contributed by atoms with Crippen LogP contribution in [0.2, 0.25) is 0 Å². The second-order valence-corrected chi connectivity index (χ2v) is 9.56. The van der Waals surface area contributed by atoms with Gasteiger partial charge >= 0.3 is 6.03 Å². The predicted molar refractivity (Wildman–Crippen MR) is 129 cm³/mol. The Balaban J connectivity index is 1.71. The van der Waals surface area contributed by atoms with Crippen LogP contribution in [-0.4, -0.2) is 14.8 Å². The predicted octanol–water partition coefficient (Wildman–Crippen LogP) is 5.20. The number of carbonyl (C=O) groups is 1. The summed E-state index contributed by atoms with van der Waals surface area (Å²) in [5.74, 6) is 0. The van der Waals surface area contributed by atoms with Crippen LogP contribution in [0.15, 0.2) is 99.5 Å². The van der Waals surface area contributed by atoms with E-state index >= 15 is 0 Å². The summed E-state index contributed by atoms with van der Waals surface area (Å²) in [6, 6.07) is 19.0. The summed E-state index contributed by atoms with van der Waals surface area (Å²) in [7, 11) is -1.83. The van der Waals surface area contributed by atoms with Crippen molar-refractivity contribution in [1.29, 1.82) is 0 Å². The van der Waals surface area contributed by atoms with Gasteiger partial charge < -0.3 is 5.32 Å². The lowest BCUT2D eigenvalue weighted by Gasteiger charge is -2.11. The van der Waals surface area contributed by atoms with Crippen molar-refractivity contribution in [3.05, 3.63) is 105 Å². The lowest BCUT2D eigenvalue weighted by atomic mass is 10.1. The molecule has 2 aromatic carbocycles. The number of anilines is 1. The third-order valence-electron chi connectivity index (χ3n) is 4.04. The van der Waals surface area contributed by atoms with Crippen molar-refractivity contribution < 1.29 is 9.00 Å². The van der Waals surface area contributed by atoms with E-state index in [0.717, 1.165) is 22.9 Å². The Morgan fingerprint density at radius 1 is 0.968 bits per heavy atom. The number of nitrogens with zero attached hydrogens (tertiary/aromatic N) is 1. The molecule has 31 heavy (non-hydrogen) atoms. The molecule has 0 spiro atoms. The molecule has 1 heterocycles. The highest BCUT2D eigenvalue weighted by molar-refractivity contribution is 8.19. The van der Waals surface area contributed by atoms with Crippen LogP contribution in [0.25, 0.3) is 16.8 Å². The van der Waals surface area contributed by atoms with Crippen LogP contribution in [0.1, 0.15) is 0 Å². The standard InChI is InChI=1S/C22H18ClN3O3S2/c1-15(23)30-16(2)31(29)25-22(28)24-19-9-11-20(12-10-19)26-14-18(8-13-21(26)27)17-6-4-3-5-7-17/h3-14H,1-2H2,(H2,24,25,28). The normalized spacial score (nSPS) is 11.4. The van der Waals surface area contributed by atoms with Crippen LogP contribution in [0.3, 0.4) is 0 Å². The van der Waals surface area contributed by atoms with Gasteiger partial charge in [-0.1, -0.05) is 66.9 Å². The SMILES string of the molecule is C=C(Cl)SC(=C)S(=O)NC(=O)Nc1ccc(-n2cc(-c3ccccc3)ccc2=O)cc1. The molecular formula is C22H18ClN3O3S2. The monoisotopic (exact) mass is 471 g/mol. The van der Waals surface area contributed by atoms with Gasteiger partial charge in [0.2, 0.25) is 0 Å². The molecule has 3 rings (SSSR count). The fourth-order valence-electron chi connectivity index (χ4n) is 2.65. The zero-order valence-electron chi connectivity index (χ0n) is 16.2. The number of carbonyl (C=O) groups excluding carboxylic acids is 1. The maximum Gasteiger partial charge on any atom is 0.331 e. The van der Waals surface area contributed by atoms with Gasteiger partial charge in [0.1, 0.15) is 0 Å². The van der Waals surface area contributed by atoms with Gasteiger partial charge in [0.25, 0.3) is 5.56 Å². The molecule has 2 amide bonds. The molecule has 0 radical (unpaired) electrons. The fraction of sp³-hybridized carbons (Fsp3) is 0. The third kappa shape index (κ3) is 6.21. The number of aromatic nitrogens is 1. The summed E-state index contributed by atoms with van der Waals surface area (Å²) in [6.45, 7) is 7.05. The Morgan fingerprint density at radius 3 is 2.29 bits per heavy atom. The summed E-state index contributed by atoms with van der Waals surface area (Å²) < 4.78 is 16.1. The van der Waals surface area contributed by atoms with Crippen LogP contribution in [-0.2, 0) is 11.0 Å². The first-order valence-electron chi connectivity index (χ1n) is 8.92. The van der Waals surface area contributed by atoms with Gasteiger partial charge in [0.15, 0.2) is 11.0 Å². The molecule has 0 bridgehead atoms. The number of halogens is 1. The molecule has 3 aromatic rings. The lowest BCUT2D eigenvalue weighted by molar-refractivity contribution is 0.257. The number of amides is 2. The minimum Gasteiger partial charge on any atom is -0.307 e. The van der Waals surface area contributed by atoms with Crippen LogP contribution in [0.4, 0.5) is 10.5 Å². The number of rotatable bonds is 7. The highest BCUT2D eigenvalue weighted by Gasteiger charge is 2.11. The molecule has 0 aliphatic carbocycles. The van der Waals surface area contributed by atoms with E-state index in [4.69, 9.17) is 11.6 Å². The molecule has 1 unspecified atom stereocenters. The second kappa shape index (κ2) is 10.3. The number of thioether (sulfide) groups is 1. The molecular weight excluding hydrogens is 454 g/mol. The van der Waals surface area contributed by atoms with Crippen molar-refractivity contribution in [3.8, 4) is 16.8 Å². The fourth-order valence-corrected chi connectivity index (χ4v) is 4.38. The first kappa shape index (κ1) is 22.6. The highest BCUT2D eigenvalue weighted by atomic mass is 35.5. The molecule has 1 atom stereocenters. The maximum atomic E-state index is 12.4. The van der Waals surface area contributed by atoms with Crippen molar-refractivity contribution in [2.24, 2.45) is 0 Å². The molecule has 0 aliphatic heterocycles. The van der Waals surface area contributed by atoms with Crippen molar-refractivity contribution in [2.45, 2.75) is 0 Å². The average molecular weight is 472 g/mol. The molecule has 1 aromatic heterocycles. The van der Waals surface area contributed by atoms with Crippen molar-refractivity contribution in [1.82, 2.24) is 9.29 Å². The lowest BCUT2D eigenvalue weighted by Crippen LogP contribution is -2.30. The zero-order chi connectivity index (χ0) is 22.4. The zero-order valence-corrected chi connectivity index (χ0v) is 18.6. The maximum absolute atomic E-state index is 12.4. The van der Waals surface area contributed by atoms with E-state index in [1.165, 1.54) is 10.6 Å². The van der Waals surface area contributed by atoms with Crippen LogP contribution in [0, 0.1) is 0 Å². The first-order chi connectivity index (χ1) is 14.8. The van der Waals surface area contributed by atoms with Crippen LogP contribution >= 0.6 is 23.4 Å². The summed E-state index contributed by atoms with van der Waals surface area (Å²) in [6.07, 6.45) is 1.77. The Kier molecular flexibility index (Phi) is 7.51. The molecule has 0 fully saturated rings. The summed E-state index contributed by atoms with van der Waals surface area (Å²) in [5, 5.41) is 2.58. The van der Waals surface area contributed by atoms with Gasteiger partial charge in [-0.05, 0) is 41.5 Å². The number of pyridine rings is 1. The van der Waals surface area contributed by atoms with Crippen molar-refractivity contribution >= 4 is 46.1 Å². The average Bonchev–Trinajstić information content (AvgIpc) is 2.75. The second-order valence-electron chi connectivity index (χ2n) is 6.19. The minimum absolute atomic E-state index is 0.156. The molecule has 9 heteroatoms. The van der Waals surface area contributed by atoms with Gasteiger partial charge in [0, 0.05) is 23.6 Å². The Bertz CT molecular complexity index is 1210. The largest absolute Gasteiger partial charge is 0.331 e. The summed E-state index contributed by atoms with van der Waals surface area (Å²) in [4.78, 5) is 24.4. The van der Waals surface area contributed by atoms with Gasteiger partial charge in [-0.3, -0.25) is 14.1 Å². The number of hydrogen-bond donors (Lipinski definition) is 2. The van der Waals surface area contributed by atoms with Gasteiger partial charge in [-0.25, -0.2) is 9.00 Å². The van der Waals surface area contributed by atoms with E-state index in [1.807, 2.05) is 30.3 Å². The van der Waals surface area contributed by atoms with Gasteiger partial charge in [0.05, 0.1) is 8.60 Å². The van der Waals surface area contributed by atoms with Crippen LogP contribution < -0.4 is 15.6 Å². The Hall–Kier alpha value is -3.07. The topological polar surface area (TPSA) is 80.2 Å². The number of nitrogens with one attached hydrogen (secondary N) is 2. The van der Waals surface area contributed by atoms with Gasteiger partial charge in [-0.2, -0.15) is 0 Å². The van der Waals surface area contributed by atoms with Crippen LogP contribution in [0.5, 0.6) is 0 Å². The summed E-state index contributed by atoms with van der Waals surface area (Å²) in [5.41, 5.74) is 2.83. The highest BCUT2D eigenvalue weighted by Crippen LogP contribution is 2.27. The molecule has 6 nitrogen and oxygen atoms in total. The Morgan fingerprint density at radius 2 is 1.65 bits per heavy atom. The molecule has 0 saturated carbocycles. The van der Waals surface area contributed by atoms with E-state index in [0.29, 0.717) is 11.4 Å². The van der Waals surface area contributed by atoms with E-state index in [-0.39, 0.29) is 14.2 Å². The Labute approximate surface area is 191 Å². The van der Waals surface area contributed by atoms with Gasteiger partial charge in [-0.15, -0.1) is 0 Å². The van der Waals surface area contributed by atoms with E-state index in [1.54, 1.807) is 36.5 Å². The van der Waals surface area contributed by atoms with Crippen molar-refractivity contribution in [2.75, 3.05) is 5.32 Å². The summed E-state index contributed by atoms with van der Waals surface area (Å²) >= 11 is 6.54. The minimum atomic E-state index is -1.83.